The van der Waals surface area contributed by atoms with Crippen molar-refractivity contribution in [2.24, 2.45) is 11.5 Å². The number of primary amides is 2. The molecule has 0 fully saturated rings. The third kappa shape index (κ3) is 28.1. The van der Waals surface area contributed by atoms with Crippen LogP contribution >= 0.6 is 0 Å². The standard InChI is InChI=1S/2CH6N2OSi/c2*2-1(4)3-5/h2*5H3,(H3,2,3,4). The van der Waals surface area contributed by atoms with E-state index in [1.807, 2.05) is 0 Å². The lowest BCUT2D eigenvalue weighted by molar-refractivity contribution is 0.253. The minimum atomic E-state index is -0.434. The third-order valence-electron chi connectivity index (χ3n) is 0.493. The van der Waals surface area contributed by atoms with Gasteiger partial charge in [-0.1, -0.05) is 0 Å². The van der Waals surface area contributed by atoms with Gasteiger partial charge in [0.2, 0.25) is 0 Å². The van der Waals surface area contributed by atoms with Gasteiger partial charge in [-0.25, -0.2) is 0 Å². The zero-order valence-corrected chi connectivity index (χ0v) is 9.97. The van der Waals surface area contributed by atoms with Crippen LogP contribution in [0.25, 0.3) is 0 Å². The summed E-state index contributed by atoms with van der Waals surface area (Å²) >= 11 is 0. The molecule has 0 saturated carbocycles. The largest absolute Gasteiger partial charge is 0.373 e. The fourth-order valence-electron chi connectivity index (χ4n) is 0. The van der Waals surface area contributed by atoms with Crippen molar-refractivity contribution >= 4 is 32.9 Å². The van der Waals surface area contributed by atoms with Crippen molar-refractivity contribution < 1.29 is 9.59 Å². The summed E-state index contributed by atoms with van der Waals surface area (Å²) < 4.78 is 0. The second-order valence-electron chi connectivity index (χ2n) is 1.23. The van der Waals surface area contributed by atoms with Crippen molar-refractivity contribution in [1.29, 1.82) is 0 Å². The minimum Gasteiger partial charge on any atom is -0.373 e. The molecule has 0 heterocycles. The summed E-state index contributed by atoms with van der Waals surface area (Å²) in [5, 5.41) is 0. The number of amides is 4. The van der Waals surface area contributed by atoms with E-state index in [4.69, 9.17) is 0 Å². The molecular formula is C2H12N4O2Si2. The molecule has 6 nitrogen and oxygen atoms in total. The molecule has 0 saturated heterocycles. The van der Waals surface area contributed by atoms with Crippen LogP contribution in [-0.4, -0.2) is 32.9 Å². The van der Waals surface area contributed by atoms with Gasteiger partial charge in [0.1, 0.15) is 20.8 Å². The third-order valence-corrected chi connectivity index (χ3v) is 1.48. The van der Waals surface area contributed by atoms with Crippen LogP contribution in [0.2, 0.25) is 0 Å². The first-order chi connectivity index (χ1) is 4.54. The van der Waals surface area contributed by atoms with Gasteiger partial charge >= 0.3 is 12.1 Å². The summed E-state index contributed by atoms with van der Waals surface area (Å²) in [6.45, 7) is 0. The van der Waals surface area contributed by atoms with Gasteiger partial charge in [0, 0.05) is 0 Å². The van der Waals surface area contributed by atoms with Gasteiger partial charge in [0.15, 0.2) is 0 Å². The lowest BCUT2D eigenvalue weighted by atomic mass is 11.2. The van der Waals surface area contributed by atoms with E-state index in [0.717, 1.165) is 0 Å². The van der Waals surface area contributed by atoms with E-state index in [2.05, 4.69) is 21.4 Å². The predicted octanol–water partition coefficient (Wildman–Crippen LogP) is -4.13. The Morgan fingerprint density at radius 1 is 1.00 bits per heavy atom. The lowest BCUT2D eigenvalue weighted by Crippen LogP contribution is -2.26. The summed E-state index contributed by atoms with van der Waals surface area (Å²) in [7, 11) is 1.30. The van der Waals surface area contributed by atoms with Crippen LogP contribution in [-0.2, 0) is 0 Å². The van der Waals surface area contributed by atoms with E-state index < -0.39 is 12.1 Å². The average molecular weight is 180 g/mol. The maximum atomic E-state index is 9.51. The summed E-state index contributed by atoms with van der Waals surface area (Å²) in [4.78, 5) is 23.6. The zero-order chi connectivity index (χ0) is 8.57. The molecule has 0 aliphatic carbocycles. The van der Waals surface area contributed by atoms with Gasteiger partial charge in [0.05, 0.1) is 0 Å². The van der Waals surface area contributed by atoms with Gasteiger partial charge in [-0.15, -0.1) is 0 Å². The molecule has 0 bridgehead atoms. The molecule has 10 heavy (non-hydrogen) atoms. The molecule has 0 aromatic heterocycles. The summed E-state index contributed by atoms with van der Waals surface area (Å²) in [6, 6.07) is -0.867. The van der Waals surface area contributed by atoms with Crippen molar-refractivity contribution in [3.05, 3.63) is 0 Å². The van der Waals surface area contributed by atoms with E-state index in [1.165, 1.54) is 0 Å². The highest BCUT2D eigenvalue weighted by Gasteiger charge is 1.73. The topological polar surface area (TPSA) is 110 Å². The molecule has 0 aliphatic rings. The van der Waals surface area contributed by atoms with Crippen molar-refractivity contribution in [2.45, 2.75) is 0 Å². The van der Waals surface area contributed by atoms with Crippen molar-refractivity contribution in [1.82, 2.24) is 9.96 Å². The smallest absolute Gasteiger partial charge is 0.303 e. The normalized spacial score (nSPS) is 7.20. The first-order valence-electron chi connectivity index (χ1n) is 2.49. The molecule has 0 atom stereocenters. The van der Waals surface area contributed by atoms with E-state index >= 15 is 0 Å². The Kier molecular flexibility index (Phi) is 9.35. The highest BCUT2D eigenvalue weighted by molar-refractivity contribution is 6.13. The lowest BCUT2D eigenvalue weighted by Gasteiger charge is -1.80. The number of hydrogen-bond donors (Lipinski definition) is 4. The van der Waals surface area contributed by atoms with Gasteiger partial charge in [-0.2, -0.15) is 0 Å². The first kappa shape index (κ1) is 11.7. The number of nitrogens with one attached hydrogen (secondary N) is 2. The second kappa shape index (κ2) is 7.97. The fraction of sp³-hybridized carbons (Fsp3) is 0. The van der Waals surface area contributed by atoms with Gasteiger partial charge in [-0.05, 0) is 0 Å². The zero-order valence-electron chi connectivity index (χ0n) is 5.97. The number of nitrogens with two attached hydrogens (primary N) is 2. The summed E-state index contributed by atoms with van der Waals surface area (Å²) in [5.41, 5.74) is 9.15. The quantitative estimate of drug-likeness (QED) is 0.284. The number of hydrogen-bond acceptors (Lipinski definition) is 2. The van der Waals surface area contributed by atoms with Gasteiger partial charge < -0.3 is 21.4 Å². The Morgan fingerprint density at radius 3 is 1.10 bits per heavy atom. The van der Waals surface area contributed by atoms with Crippen molar-refractivity contribution in [2.75, 3.05) is 0 Å². The Balaban J connectivity index is 0. The highest BCUT2D eigenvalue weighted by atomic mass is 28.2. The fourth-order valence-corrected chi connectivity index (χ4v) is 0. The molecule has 6 N–H and O–H groups in total. The molecule has 60 valence electrons. The molecule has 0 aromatic rings. The first-order valence-corrected chi connectivity index (χ1v) is 4.49. The van der Waals surface area contributed by atoms with Crippen LogP contribution in [0.1, 0.15) is 0 Å². The molecule has 0 unspecified atom stereocenters. The van der Waals surface area contributed by atoms with Crippen molar-refractivity contribution in [3.63, 3.8) is 0 Å². The molecule has 4 amide bonds. The summed E-state index contributed by atoms with van der Waals surface area (Å²) in [6.07, 6.45) is 0. The molecule has 0 aromatic carbocycles. The highest BCUT2D eigenvalue weighted by Crippen LogP contribution is 1.37. The average Bonchev–Trinajstić information content (AvgIpc) is 1.89. The van der Waals surface area contributed by atoms with Crippen LogP contribution in [0.5, 0.6) is 0 Å². The van der Waals surface area contributed by atoms with Crippen molar-refractivity contribution in [3.8, 4) is 0 Å². The molecular weight excluding hydrogens is 168 g/mol. The SMILES string of the molecule is NC(=O)N[SiH3].NC(=O)N[SiH3]. The monoisotopic (exact) mass is 180 g/mol. The van der Waals surface area contributed by atoms with Crippen LogP contribution in [0.4, 0.5) is 9.59 Å². The number of carbonyl (C=O) groups excluding carboxylic acids is 2. The predicted molar refractivity (Wildman–Crippen MR) is 45.3 cm³/mol. The van der Waals surface area contributed by atoms with Gasteiger partial charge in [0.25, 0.3) is 0 Å². The Labute approximate surface area is 64.7 Å². The van der Waals surface area contributed by atoms with Crippen LogP contribution in [0.15, 0.2) is 0 Å². The molecule has 8 heteroatoms. The van der Waals surface area contributed by atoms with E-state index in [1.54, 1.807) is 0 Å². The van der Waals surface area contributed by atoms with Crippen LogP contribution in [0, 0.1) is 0 Å². The maximum absolute atomic E-state index is 9.51. The number of rotatable bonds is 0. The Hall–Kier alpha value is -1.03. The molecule has 0 rings (SSSR count). The van der Waals surface area contributed by atoms with Crippen LogP contribution in [0.3, 0.4) is 0 Å². The minimum absolute atomic E-state index is 0.434. The molecule has 0 aliphatic heterocycles. The Bertz CT molecular complexity index is 104. The van der Waals surface area contributed by atoms with E-state index in [-0.39, 0.29) is 0 Å². The van der Waals surface area contributed by atoms with E-state index in [9.17, 15) is 9.59 Å². The van der Waals surface area contributed by atoms with Gasteiger partial charge in [-0.3, -0.25) is 9.59 Å². The maximum Gasteiger partial charge on any atom is 0.303 e. The molecule has 0 spiro atoms. The molecule has 0 radical (unpaired) electrons. The van der Waals surface area contributed by atoms with Crippen LogP contribution < -0.4 is 21.4 Å². The number of carbonyl (C=O) groups is 2. The number of urea groups is 2. The Morgan fingerprint density at radius 2 is 1.10 bits per heavy atom. The second-order valence-corrected chi connectivity index (χ2v) is 2.23. The summed E-state index contributed by atoms with van der Waals surface area (Å²) in [5.74, 6) is 0. The van der Waals surface area contributed by atoms with E-state index in [0.29, 0.717) is 20.8 Å².